The normalized spacial score (nSPS) is 27.1. The van der Waals surface area contributed by atoms with E-state index < -0.39 is 10.0 Å². The lowest BCUT2D eigenvalue weighted by molar-refractivity contribution is -0.00990. The van der Waals surface area contributed by atoms with Crippen LogP contribution in [0.15, 0.2) is 0 Å². The minimum absolute atomic E-state index is 0.0774. The van der Waals surface area contributed by atoms with Crippen LogP contribution in [0.5, 0.6) is 0 Å². The summed E-state index contributed by atoms with van der Waals surface area (Å²) in [7, 11) is -3.31. The Hall–Kier alpha value is -0.130. The van der Waals surface area contributed by atoms with Crippen LogP contribution in [0.25, 0.3) is 0 Å². The molecule has 0 aromatic rings. The Bertz CT molecular complexity index is 329. The summed E-state index contributed by atoms with van der Waals surface area (Å²) in [5.74, 6) is 1.09. The molecule has 0 heterocycles. The summed E-state index contributed by atoms with van der Waals surface area (Å²) in [4.78, 5) is 0. The minimum Gasteiger partial charge on any atom is -0.378 e. The van der Waals surface area contributed by atoms with E-state index in [9.17, 15) is 8.42 Å². The molecule has 5 heteroatoms. The first-order valence-electron chi connectivity index (χ1n) is 7.00. The molecule has 0 bridgehead atoms. The van der Waals surface area contributed by atoms with Crippen molar-refractivity contribution in [2.24, 2.45) is 17.0 Å². The standard InChI is InChI=1S/C13H27NO3S/c1-11(8-10-18(14,15)16)7-9-17-13-6-4-3-5-12(13)2/h11-13H,3-10H2,1-2H3,(H2,14,15,16). The van der Waals surface area contributed by atoms with Gasteiger partial charge in [-0.05, 0) is 37.5 Å². The molecule has 4 nitrogen and oxygen atoms in total. The first kappa shape index (κ1) is 15.9. The molecule has 1 fully saturated rings. The van der Waals surface area contributed by atoms with Crippen molar-refractivity contribution in [2.45, 2.75) is 58.5 Å². The second-order valence-electron chi connectivity index (χ2n) is 5.72. The second kappa shape index (κ2) is 7.46. The van der Waals surface area contributed by atoms with E-state index >= 15 is 0 Å². The fourth-order valence-corrected chi connectivity index (χ4v) is 3.19. The van der Waals surface area contributed by atoms with Crippen LogP contribution >= 0.6 is 0 Å². The van der Waals surface area contributed by atoms with Gasteiger partial charge in [0.1, 0.15) is 0 Å². The number of ether oxygens (including phenoxy) is 1. The molecule has 3 unspecified atom stereocenters. The Kier molecular flexibility index (Phi) is 6.60. The highest BCUT2D eigenvalue weighted by molar-refractivity contribution is 7.89. The highest BCUT2D eigenvalue weighted by Gasteiger charge is 2.21. The van der Waals surface area contributed by atoms with Gasteiger partial charge in [-0.1, -0.05) is 26.7 Å². The lowest BCUT2D eigenvalue weighted by Gasteiger charge is -2.29. The molecule has 0 radical (unpaired) electrons. The van der Waals surface area contributed by atoms with Crippen molar-refractivity contribution in [1.29, 1.82) is 0 Å². The first-order chi connectivity index (χ1) is 8.38. The van der Waals surface area contributed by atoms with Crippen LogP contribution < -0.4 is 5.14 Å². The fraction of sp³-hybridized carbons (Fsp3) is 1.00. The lowest BCUT2D eigenvalue weighted by atomic mass is 9.88. The Morgan fingerprint density at radius 1 is 1.28 bits per heavy atom. The minimum atomic E-state index is -3.31. The van der Waals surface area contributed by atoms with E-state index in [0.717, 1.165) is 13.0 Å². The second-order valence-corrected chi connectivity index (χ2v) is 7.45. The van der Waals surface area contributed by atoms with E-state index in [1.54, 1.807) is 0 Å². The van der Waals surface area contributed by atoms with Gasteiger partial charge >= 0.3 is 0 Å². The molecule has 2 N–H and O–H groups in total. The molecule has 1 saturated carbocycles. The Labute approximate surface area is 111 Å². The summed E-state index contributed by atoms with van der Waals surface area (Å²) in [6, 6.07) is 0. The van der Waals surface area contributed by atoms with Gasteiger partial charge in [-0.25, -0.2) is 13.6 Å². The summed E-state index contributed by atoms with van der Waals surface area (Å²) >= 11 is 0. The maximum atomic E-state index is 10.8. The number of primary sulfonamides is 1. The summed E-state index contributed by atoms with van der Waals surface area (Å²) in [6.45, 7) is 5.05. The Morgan fingerprint density at radius 3 is 2.56 bits per heavy atom. The third-order valence-corrected chi connectivity index (χ3v) is 4.68. The third kappa shape index (κ3) is 6.71. The van der Waals surface area contributed by atoms with Crippen molar-refractivity contribution in [3.63, 3.8) is 0 Å². The number of sulfonamides is 1. The predicted octanol–water partition coefficient (Wildman–Crippen LogP) is 2.29. The highest BCUT2D eigenvalue weighted by Crippen LogP contribution is 2.26. The van der Waals surface area contributed by atoms with Crippen LogP contribution in [-0.4, -0.2) is 26.9 Å². The van der Waals surface area contributed by atoms with Crippen molar-refractivity contribution >= 4 is 10.0 Å². The number of hydrogen-bond acceptors (Lipinski definition) is 3. The number of hydrogen-bond donors (Lipinski definition) is 1. The van der Waals surface area contributed by atoms with Crippen LogP contribution in [-0.2, 0) is 14.8 Å². The van der Waals surface area contributed by atoms with Crippen molar-refractivity contribution < 1.29 is 13.2 Å². The molecule has 0 amide bonds. The zero-order valence-corrected chi connectivity index (χ0v) is 12.4. The zero-order chi connectivity index (χ0) is 13.6. The average Bonchev–Trinajstić information content (AvgIpc) is 2.28. The molecule has 0 saturated heterocycles. The SMILES string of the molecule is CC(CCOC1CCCCC1C)CCS(N)(=O)=O. The molecule has 0 aromatic carbocycles. The molecule has 18 heavy (non-hydrogen) atoms. The van der Waals surface area contributed by atoms with Crippen LogP contribution in [0.2, 0.25) is 0 Å². The van der Waals surface area contributed by atoms with Gasteiger partial charge in [0.15, 0.2) is 0 Å². The van der Waals surface area contributed by atoms with E-state index in [0.29, 0.717) is 24.4 Å². The van der Waals surface area contributed by atoms with Crippen LogP contribution in [0.1, 0.15) is 52.4 Å². The molecular formula is C13H27NO3S. The van der Waals surface area contributed by atoms with Gasteiger partial charge in [-0.2, -0.15) is 0 Å². The monoisotopic (exact) mass is 277 g/mol. The Morgan fingerprint density at radius 2 is 1.94 bits per heavy atom. The zero-order valence-electron chi connectivity index (χ0n) is 11.6. The maximum absolute atomic E-state index is 10.8. The van der Waals surface area contributed by atoms with Crippen LogP contribution in [0, 0.1) is 11.8 Å². The molecule has 0 aromatic heterocycles. The smallest absolute Gasteiger partial charge is 0.209 e. The van der Waals surface area contributed by atoms with E-state index in [1.807, 2.05) is 0 Å². The molecule has 0 aliphatic heterocycles. The van der Waals surface area contributed by atoms with Gasteiger partial charge in [0.2, 0.25) is 10.0 Å². The van der Waals surface area contributed by atoms with E-state index in [4.69, 9.17) is 9.88 Å². The van der Waals surface area contributed by atoms with Gasteiger partial charge in [-0.15, -0.1) is 0 Å². The number of nitrogens with two attached hydrogens (primary N) is 1. The number of rotatable bonds is 7. The fourth-order valence-electron chi connectivity index (χ4n) is 2.46. The summed E-state index contributed by atoms with van der Waals surface area (Å²) in [6.07, 6.45) is 6.99. The van der Waals surface area contributed by atoms with Crippen LogP contribution in [0.3, 0.4) is 0 Å². The van der Waals surface area contributed by atoms with Crippen molar-refractivity contribution in [1.82, 2.24) is 0 Å². The lowest BCUT2D eigenvalue weighted by Crippen LogP contribution is -2.26. The maximum Gasteiger partial charge on any atom is 0.209 e. The summed E-state index contributed by atoms with van der Waals surface area (Å²) < 4.78 is 27.6. The van der Waals surface area contributed by atoms with Crippen molar-refractivity contribution in [2.75, 3.05) is 12.4 Å². The quantitative estimate of drug-likeness (QED) is 0.776. The first-order valence-corrected chi connectivity index (χ1v) is 8.72. The average molecular weight is 277 g/mol. The molecule has 0 spiro atoms. The summed E-state index contributed by atoms with van der Waals surface area (Å²) in [5, 5.41) is 4.99. The molecule has 1 aliphatic rings. The van der Waals surface area contributed by atoms with Crippen molar-refractivity contribution in [3.8, 4) is 0 Å². The van der Waals surface area contributed by atoms with Gasteiger partial charge in [0, 0.05) is 6.61 Å². The van der Waals surface area contributed by atoms with E-state index in [-0.39, 0.29) is 5.75 Å². The Balaban J connectivity index is 2.13. The molecule has 1 aliphatic carbocycles. The van der Waals surface area contributed by atoms with Crippen LogP contribution in [0.4, 0.5) is 0 Å². The van der Waals surface area contributed by atoms with Gasteiger partial charge in [-0.3, -0.25) is 0 Å². The largest absolute Gasteiger partial charge is 0.378 e. The molecule has 3 atom stereocenters. The van der Waals surface area contributed by atoms with Gasteiger partial charge < -0.3 is 4.74 Å². The topological polar surface area (TPSA) is 69.4 Å². The highest BCUT2D eigenvalue weighted by atomic mass is 32.2. The van der Waals surface area contributed by atoms with Crippen molar-refractivity contribution in [3.05, 3.63) is 0 Å². The van der Waals surface area contributed by atoms with Gasteiger partial charge in [0.25, 0.3) is 0 Å². The van der Waals surface area contributed by atoms with E-state index in [2.05, 4.69) is 13.8 Å². The molecule has 108 valence electrons. The summed E-state index contributed by atoms with van der Waals surface area (Å²) in [5.41, 5.74) is 0. The van der Waals surface area contributed by atoms with E-state index in [1.165, 1.54) is 25.7 Å². The molecule has 1 rings (SSSR count). The predicted molar refractivity (Wildman–Crippen MR) is 73.7 cm³/mol. The van der Waals surface area contributed by atoms with Gasteiger partial charge in [0.05, 0.1) is 11.9 Å². The molecular weight excluding hydrogens is 250 g/mol. The third-order valence-electron chi connectivity index (χ3n) is 3.87.